The molecular formula is C19H19NO4. The van der Waals surface area contributed by atoms with Crippen LogP contribution < -0.4 is 14.8 Å². The van der Waals surface area contributed by atoms with E-state index in [1.165, 1.54) is 12.5 Å². The van der Waals surface area contributed by atoms with Gasteiger partial charge in [0.15, 0.2) is 17.3 Å². The molecule has 0 fully saturated rings. The van der Waals surface area contributed by atoms with Crippen LogP contribution in [0.15, 0.2) is 42.5 Å². The maximum absolute atomic E-state index is 12.2. The second-order valence-corrected chi connectivity index (χ2v) is 5.69. The Hall–Kier alpha value is -2.82. The van der Waals surface area contributed by atoms with E-state index in [9.17, 15) is 9.59 Å². The van der Waals surface area contributed by atoms with Crippen molar-refractivity contribution in [2.24, 2.45) is 0 Å². The Bertz CT molecular complexity index is 755. The molecular weight excluding hydrogens is 306 g/mol. The molecule has 24 heavy (non-hydrogen) atoms. The fourth-order valence-corrected chi connectivity index (χ4v) is 2.65. The molecule has 1 amide bonds. The number of ether oxygens (including phenoxy) is 2. The van der Waals surface area contributed by atoms with E-state index in [1.807, 2.05) is 30.3 Å². The molecule has 0 saturated carbocycles. The van der Waals surface area contributed by atoms with Crippen LogP contribution in [0.4, 0.5) is 5.69 Å². The lowest BCUT2D eigenvalue weighted by molar-refractivity contribution is -0.116. The molecule has 5 heteroatoms. The molecule has 0 unspecified atom stereocenters. The van der Waals surface area contributed by atoms with Crippen LogP contribution in [0.1, 0.15) is 35.7 Å². The second kappa shape index (κ2) is 7.17. The largest absolute Gasteiger partial charge is 0.454 e. The molecule has 1 N–H and O–H groups in total. The first kappa shape index (κ1) is 16.1. The van der Waals surface area contributed by atoms with E-state index in [1.54, 1.807) is 12.1 Å². The number of carbonyl (C=O) groups is 2. The summed E-state index contributed by atoms with van der Waals surface area (Å²) in [6.45, 7) is 1.59. The zero-order chi connectivity index (χ0) is 16.9. The summed E-state index contributed by atoms with van der Waals surface area (Å²) < 4.78 is 10.6. The standard InChI is InChI=1S/C19H19NO4/c1-13(21)15-10-17-18(24-12-23-17)11-16(15)20-19(22)9-5-8-14-6-3-2-4-7-14/h2-4,6-7,10-11H,5,8-9,12H2,1H3,(H,20,22). The molecule has 0 saturated heterocycles. The fraction of sp³-hybridized carbons (Fsp3) is 0.263. The Labute approximate surface area is 140 Å². The van der Waals surface area contributed by atoms with Gasteiger partial charge >= 0.3 is 0 Å². The van der Waals surface area contributed by atoms with E-state index in [-0.39, 0.29) is 18.5 Å². The summed E-state index contributed by atoms with van der Waals surface area (Å²) in [5.41, 5.74) is 2.10. The number of rotatable bonds is 6. The number of hydrogen-bond acceptors (Lipinski definition) is 4. The lowest BCUT2D eigenvalue weighted by Crippen LogP contribution is -2.14. The molecule has 2 aromatic rings. The zero-order valence-corrected chi connectivity index (χ0v) is 13.5. The highest BCUT2D eigenvalue weighted by Crippen LogP contribution is 2.37. The topological polar surface area (TPSA) is 64.6 Å². The van der Waals surface area contributed by atoms with E-state index < -0.39 is 0 Å². The van der Waals surface area contributed by atoms with Crippen molar-refractivity contribution in [1.29, 1.82) is 0 Å². The van der Waals surface area contributed by atoms with E-state index in [0.717, 1.165) is 12.8 Å². The number of anilines is 1. The highest BCUT2D eigenvalue weighted by Gasteiger charge is 2.20. The van der Waals surface area contributed by atoms with Crippen LogP contribution in [0.5, 0.6) is 11.5 Å². The number of benzene rings is 2. The lowest BCUT2D eigenvalue weighted by atomic mass is 10.1. The average molecular weight is 325 g/mol. The van der Waals surface area contributed by atoms with Crippen molar-refractivity contribution in [1.82, 2.24) is 0 Å². The van der Waals surface area contributed by atoms with E-state index >= 15 is 0 Å². The summed E-state index contributed by atoms with van der Waals surface area (Å²) in [4.78, 5) is 24.0. The smallest absolute Gasteiger partial charge is 0.231 e. The van der Waals surface area contributed by atoms with Gasteiger partial charge in [-0.25, -0.2) is 0 Å². The molecule has 0 aliphatic carbocycles. The van der Waals surface area contributed by atoms with Crippen LogP contribution in [-0.4, -0.2) is 18.5 Å². The third-order valence-electron chi connectivity index (χ3n) is 3.88. The molecule has 1 heterocycles. The lowest BCUT2D eigenvalue weighted by Gasteiger charge is -2.10. The van der Waals surface area contributed by atoms with E-state index in [4.69, 9.17) is 9.47 Å². The number of ketones is 1. The summed E-state index contributed by atoms with van der Waals surface area (Å²) in [6, 6.07) is 13.3. The van der Waals surface area contributed by atoms with E-state index in [2.05, 4.69) is 5.32 Å². The van der Waals surface area contributed by atoms with Gasteiger partial charge in [-0.3, -0.25) is 9.59 Å². The van der Waals surface area contributed by atoms with Gasteiger partial charge in [0.2, 0.25) is 12.7 Å². The molecule has 1 aliphatic heterocycles. The number of amides is 1. The quantitative estimate of drug-likeness (QED) is 0.825. The van der Waals surface area contributed by atoms with Crippen LogP contribution >= 0.6 is 0 Å². The van der Waals surface area contributed by atoms with Crippen molar-refractivity contribution in [2.45, 2.75) is 26.2 Å². The summed E-state index contributed by atoms with van der Waals surface area (Å²) in [5, 5.41) is 2.81. The van der Waals surface area contributed by atoms with Crippen LogP contribution in [-0.2, 0) is 11.2 Å². The Kier molecular flexibility index (Phi) is 4.79. The SMILES string of the molecule is CC(=O)c1cc2c(cc1NC(=O)CCCc1ccccc1)OCO2. The predicted molar refractivity (Wildman–Crippen MR) is 90.6 cm³/mol. The summed E-state index contributed by atoms with van der Waals surface area (Å²) >= 11 is 0. The zero-order valence-electron chi connectivity index (χ0n) is 13.5. The van der Waals surface area contributed by atoms with Gasteiger partial charge in [-0.1, -0.05) is 30.3 Å². The van der Waals surface area contributed by atoms with Crippen LogP contribution in [0, 0.1) is 0 Å². The van der Waals surface area contributed by atoms with Gasteiger partial charge < -0.3 is 14.8 Å². The minimum absolute atomic E-state index is 0.118. The van der Waals surface area contributed by atoms with Gasteiger partial charge in [0.05, 0.1) is 5.69 Å². The van der Waals surface area contributed by atoms with Gasteiger partial charge in [0.25, 0.3) is 0 Å². The fourth-order valence-electron chi connectivity index (χ4n) is 2.65. The number of fused-ring (bicyclic) bond motifs is 1. The molecule has 5 nitrogen and oxygen atoms in total. The number of hydrogen-bond donors (Lipinski definition) is 1. The van der Waals surface area contributed by atoms with E-state index in [0.29, 0.717) is 29.2 Å². The Morgan fingerprint density at radius 1 is 1.08 bits per heavy atom. The number of Topliss-reactive ketones (excluding diaryl/α,β-unsaturated/α-hetero) is 1. The highest BCUT2D eigenvalue weighted by molar-refractivity contribution is 6.04. The third-order valence-corrected chi connectivity index (χ3v) is 3.88. The first-order chi connectivity index (χ1) is 11.6. The number of nitrogens with one attached hydrogen (secondary N) is 1. The van der Waals surface area contributed by atoms with Crippen molar-refractivity contribution in [3.8, 4) is 11.5 Å². The molecule has 124 valence electrons. The summed E-state index contributed by atoms with van der Waals surface area (Å²) in [6.07, 6.45) is 1.98. The van der Waals surface area contributed by atoms with Crippen molar-refractivity contribution in [3.63, 3.8) is 0 Å². The molecule has 2 aromatic carbocycles. The summed E-state index contributed by atoms with van der Waals surface area (Å²) in [7, 11) is 0. The molecule has 0 atom stereocenters. The molecule has 1 aliphatic rings. The second-order valence-electron chi connectivity index (χ2n) is 5.69. The van der Waals surface area contributed by atoms with Gasteiger partial charge in [-0.05, 0) is 31.4 Å². The molecule has 3 rings (SSSR count). The van der Waals surface area contributed by atoms with Gasteiger partial charge in [0, 0.05) is 18.1 Å². The van der Waals surface area contributed by atoms with Crippen LogP contribution in [0.2, 0.25) is 0 Å². The minimum Gasteiger partial charge on any atom is -0.454 e. The van der Waals surface area contributed by atoms with Gasteiger partial charge in [-0.2, -0.15) is 0 Å². The van der Waals surface area contributed by atoms with Crippen molar-refractivity contribution >= 4 is 17.4 Å². The van der Waals surface area contributed by atoms with Crippen molar-refractivity contribution in [3.05, 3.63) is 53.6 Å². The highest BCUT2D eigenvalue weighted by atomic mass is 16.7. The summed E-state index contributed by atoms with van der Waals surface area (Å²) in [5.74, 6) is 0.821. The van der Waals surface area contributed by atoms with Crippen molar-refractivity contribution in [2.75, 3.05) is 12.1 Å². The first-order valence-electron chi connectivity index (χ1n) is 7.92. The third kappa shape index (κ3) is 3.74. The van der Waals surface area contributed by atoms with Crippen LogP contribution in [0.3, 0.4) is 0 Å². The Morgan fingerprint density at radius 3 is 2.50 bits per heavy atom. The monoisotopic (exact) mass is 325 g/mol. The van der Waals surface area contributed by atoms with Crippen LogP contribution in [0.25, 0.3) is 0 Å². The minimum atomic E-state index is -0.132. The number of carbonyl (C=O) groups excluding carboxylic acids is 2. The van der Waals surface area contributed by atoms with Crippen molar-refractivity contribution < 1.29 is 19.1 Å². The maximum Gasteiger partial charge on any atom is 0.231 e. The maximum atomic E-state index is 12.2. The normalized spacial score (nSPS) is 12.0. The van der Waals surface area contributed by atoms with Gasteiger partial charge in [0.1, 0.15) is 0 Å². The first-order valence-corrected chi connectivity index (χ1v) is 7.92. The molecule has 0 aromatic heterocycles. The molecule has 0 bridgehead atoms. The Morgan fingerprint density at radius 2 is 1.79 bits per heavy atom. The average Bonchev–Trinajstić information content (AvgIpc) is 3.02. The predicted octanol–water partition coefficient (Wildman–Crippen LogP) is 3.58. The number of aryl methyl sites for hydroxylation is 1. The Balaban J connectivity index is 1.62. The molecule has 0 spiro atoms. The molecule has 0 radical (unpaired) electrons. The van der Waals surface area contributed by atoms with Gasteiger partial charge in [-0.15, -0.1) is 0 Å².